The maximum Gasteiger partial charge on any atom is 0.131 e. The Labute approximate surface area is 197 Å². The van der Waals surface area contributed by atoms with Crippen molar-refractivity contribution in [2.75, 3.05) is 0 Å². The fourth-order valence-electron chi connectivity index (χ4n) is 5.19. The summed E-state index contributed by atoms with van der Waals surface area (Å²) in [4.78, 5) is 4.68. The van der Waals surface area contributed by atoms with Crippen LogP contribution >= 0.6 is 0 Å². The van der Waals surface area contributed by atoms with Crippen LogP contribution in [0.15, 0.2) is 128 Å². The lowest BCUT2D eigenvalue weighted by Crippen LogP contribution is -2.03. The number of rotatable bonds is 3. The summed E-state index contributed by atoms with van der Waals surface area (Å²) in [5.41, 5.74) is 7.89. The van der Waals surface area contributed by atoms with Gasteiger partial charge in [0.25, 0.3) is 0 Å². The third-order valence-electron chi connectivity index (χ3n) is 6.58. The minimum Gasteiger partial charge on any atom is -0.295 e. The molecule has 0 saturated heterocycles. The average molecular weight is 436 g/mol. The molecule has 0 aliphatic heterocycles. The molecule has 0 spiro atoms. The van der Waals surface area contributed by atoms with Crippen LogP contribution in [-0.4, -0.2) is 14.1 Å². The van der Waals surface area contributed by atoms with Crippen molar-refractivity contribution in [3.05, 3.63) is 128 Å². The normalized spacial score (nSPS) is 11.5. The van der Waals surface area contributed by atoms with E-state index >= 15 is 0 Å². The van der Waals surface area contributed by atoms with E-state index in [1.807, 2.05) is 18.3 Å². The number of hydrogen-bond donors (Lipinski definition) is 0. The van der Waals surface area contributed by atoms with Gasteiger partial charge in [0, 0.05) is 33.6 Å². The number of hydrogen-bond acceptors (Lipinski definition) is 1. The van der Waals surface area contributed by atoms with Crippen molar-refractivity contribution in [1.29, 1.82) is 0 Å². The first-order chi connectivity index (χ1) is 16.9. The quantitative estimate of drug-likeness (QED) is 0.278. The van der Waals surface area contributed by atoms with Gasteiger partial charge in [-0.1, -0.05) is 78.9 Å². The van der Waals surface area contributed by atoms with Gasteiger partial charge in [-0.15, -0.1) is 0 Å². The highest BCUT2D eigenvalue weighted by Gasteiger charge is 2.22. The van der Waals surface area contributed by atoms with E-state index in [1.165, 1.54) is 27.2 Å². The molecule has 3 nitrogen and oxygen atoms in total. The molecule has 0 N–H and O–H groups in total. The highest BCUT2D eigenvalue weighted by atomic mass is 15.1. The Morgan fingerprint density at radius 1 is 0.500 bits per heavy atom. The van der Waals surface area contributed by atoms with E-state index in [9.17, 15) is 0 Å². The topological polar surface area (TPSA) is 22.8 Å². The Bertz CT molecular complexity index is 1790. The van der Waals surface area contributed by atoms with Gasteiger partial charge in [0.2, 0.25) is 0 Å². The van der Waals surface area contributed by atoms with Crippen molar-refractivity contribution in [2.24, 2.45) is 0 Å². The Hall–Kier alpha value is -4.63. The second-order valence-corrected chi connectivity index (χ2v) is 8.47. The number of fused-ring (bicyclic) bond motifs is 5. The lowest BCUT2D eigenvalue weighted by molar-refractivity contribution is 1.07. The molecule has 0 aliphatic carbocycles. The van der Waals surface area contributed by atoms with Crippen LogP contribution in [0.25, 0.3) is 55.5 Å². The summed E-state index contributed by atoms with van der Waals surface area (Å²) >= 11 is 0. The van der Waals surface area contributed by atoms with Crippen LogP contribution in [0.2, 0.25) is 0 Å². The van der Waals surface area contributed by atoms with Crippen molar-refractivity contribution in [3.63, 3.8) is 0 Å². The van der Waals surface area contributed by atoms with Crippen molar-refractivity contribution < 1.29 is 0 Å². The fourth-order valence-corrected chi connectivity index (χ4v) is 5.19. The SMILES string of the molecule is c1ccc(-n2c3ccccc3c3c4ccccc4n(-c4ccccc4-c4ccccn4)c32)cc1. The maximum absolute atomic E-state index is 4.68. The largest absolute Gasteiger partial charge is 0.295 e. The summed E-state index contributed by atoms with van der Waals surface area (Å²) in [7, 11) is 0. The van der Waals surface area contributed by atoms with Gasteiger partial charge in [-0.25, -0.2) is 0 Å². The minimum absolute atomic E-state index is 0.964. The van der Waals surface area contributed by atoms with Crippen LogP contribution in [0.4, 0.5) is 0 Å². The molecule has 0 amide bonds. The van der Waals surface area contributed by atoms with E-state index in [0.29, 0.717) is 0 Å². The Balaban J connectivity index is 1.72. The van der Waals surface area contributed by atoms with Crippen molar-refractivity contribution >= 4 is 32.8 Å². The first-order valence-corrected chi connectivity index (χ1v) is 11.5. The zero-order chi connectivity index (χ0) is 22.5. The molecule has 3 heteroatoms. The van der Waals surface area contributed by atoms with E-state index in [4.69, 9.17) is 0 Å². The number of pyridine rings is 1. The Kier molecular flexibility index (Phi) is 4.15. The van der Waals surface area contributed by atoms with E-state index in [0.717, 1.165) is 28.3 Å². The summed E-state index contributed by atoms with van der Waals surface area (Å²) in [5.74, 6) is 0. The lowest BCUT2D eigenvalue weighted by Gasteiger charge is -2.16. The van der Waals surface area contributed by atoms with Gasteiger partial charge in [-0.05, 0) is 42.5 Å². The fraction of sp³-hybridized carbons (Fsp3) is 0. The summed E-state index contributed by atoms with van der Waals surface area (Å²) < 4.78 is 4.79. The number of para-hydroxylation sites is 4. The molecule has 7 rings (SSSR count). The average Bonchev–Trinajstić information content (AvgIpc) is 3.42. The first-order valence-electron chi connectivity index (χ1n) is 11.5. The van der Waals surface area contributed by atoms with Gasteiger partial charge in [0.05, 0.1) is 22.4 Å². The second-order valence-electron chi connectivity index (χ2n) is 8.47. The minimum atomic E-state index is 0.964. The monoisotopic (exact) mass is 435 g/mol. The molecule has 34 heavy (non-hydrogen) atoms. The van der Waals surface area contributed by atoms with Crippen LogP contribution in [-0.2, 0) is 0 Å². The van der Waals surface area contributed by atoms with Crippen molar-refractivity contribution in [3.8, 4) is 22.6 Å². The number of nitrogens with zero attached hydrogens (tertiary/aromatic N) is 3. The standard InChI is InChI=1S/C31H21N3/c1-2-12-22(13-3-1)33-28-19-8-5-15-24(28)30-25-16-6-9-20-29(25)34(31(30)33)27-18-7-4-14-23(27)26-17-10-11-21-32-26/h1-21H. The summed E-state index contributed by atoms with van der Waals surface area (Å²) in [6.07, 6.45) is 1.86. The molecular weight excluding hydrogens is 414 g/mol. The summed E-state index contributed by atoms with van der Waals surface area (Å²) in [6.45, 7) is 0. The van der Waals surface area contributed by atoms with Crippen molar-refractivity contribution in [1.82, 2.24) is 14.1 Å². The molecule has 0 fully saturated rings. The molecule has 0 radical (unpaired) electrons. The van der Waals surface area contributed by atoms with Gasteiger partial charge in [-0.3, -0.25) is 14.1 Å². The molecular formula is C31H21N3. The van der Waals surface area contributed by atoms with E-state index in [-0.39, 0.29) is 0 Å². The van der Waals surface area contributed by atoms with Crippen LogP contribution in [0.1, 0.15) is 0 Å². The third kappa shape index (κ3) is 2.67. The van der Waals surface area contributed by atoms with Crippen LogP contribution in [0.5, 0.6) is 0 Å². The van der Waals surface area contributed by atoms with E-state index in [2.05, 4.69) is 123 Å². The molecule has 0 bridgehead atoms. The molecule has 0 aliphatic rings. The molecule has 3 aromatic heterocycles. The van der Waals surface area contributed by atoms with Gasteiger partial charge < -0.3 is 0 Å². The summed E-state index contributed by atoms with van der Waals surface area (Å²) in [5, 5.41) is 3.77. The predicted molar refractivity (Wildman–Crippen MR) is 141 cm³/mol. The van der Waals surface area contributed by atoms with Crippen LogP contribution in [0, 0.1) is 0 Å². The predicted octanol–water partition coefficient (Wildman–Crippen LogP) is 7.79. The van der Waals surface area contributed by atoms with E-state index in [1.54, 1.807) is 0 Å². The van der Waals surface area contributed by atoms with Crippen LogP contribution < -0.4 is 0 Å². The zero-order valence-electron chi connectivity index (χ0n) is 18.5. The van der Waals surface area contributed by atoms with Gasteiger partial charge in [0.15, 0.2) is 0 Å². The third-order valence-corrected chi connectivity index (χ3v) is 6.58. The highest BCUT2D eigenvalue weighted by molar-refractivity contribution is 6.22. The van der Waals surface area contributed by atoms with E-state index < -0.39 is 0 Å². The molecule has 4 aromatic carbocycles. The van der Waals surface area contributed by atoms with Gasteiger partial charge in [-0.2, -0.15) is 0 Å². The van der Waals surface area contributed by atoms with Crippen molar-refractivity contribution in [2.45, 2.75) is 0 Å². The Morgan fingerprint density at radius 2 is 1.12 bits per heavy atom. The maximum atomic E-state index is 4.68. The highest BCUT2D eigenvalue weighted by Crippen LogP contribution is 2.41. The Morgan fingerprint density at radius 3 is 1.85 bits per heavy atom. The second kappa shape index (κ2) is 7.46. The molecule has 160 valence electrons. The zero-order valence-corrected chi connectivity index (χ0v) is 18.5. The smallest absolute Gasteiger partial charge is 0.131 e. The molecule has 0 unspecified atom stereocenters. The number of benzene rings is 4. The molecule has 7 aromatic rings. The molecule has 3 heterocycles. The molecule has 0 saturated carbocycles. The van der Waals surface area contributed by atoms with Gasteiger partial charge in [0.1, 0.15) is 5.65 Å². The number of aromatic nitrogens is 3. The van der Waals surface area contributed by atoms with Crippen LogP contribution in [0.3, 0.4) is 0 Å². The van der Waals surface area contributed by atoms with Gasteiger partial charge >= 0.3 is 0 Å². The summed E-state index contributed by atoms with van der Waals surface area (Å²) in [6, 6.07) is 42.7. The lowest BCUT2D eigenvalue weighted by atomic mass is 10.1. The molecule has 0 atom stereocenters. The first kappa shape index (κ1) is 18.9.